The SMILES string of the molecule is COc1cccc([C@@H]2S[C@@H](CC(=O)OC(C)C)C(=S)Nc3ccc(Cl)cc32)c1OC. The number of hydrogen-bond donors (Lipinski definition) is 1. The summed E-state index contributed by atoms with van der Waals surface area (Å²) >= 11 is 13.5. The monoisotopic (exact) mass is 465 g/mol. The summed E-state index contributed by atoms with van der Waals surface area (Å²) in [5.41, 5.74) is 2.73. The molecule has 0 saturated heterocycles. The predicted molar refractivity (Wildman–Crippen MR) is 126 cm³/mol. The molecule has 0 amide bonds. The molecule has 160 valence electrons. The number of benzene rings is 2. The standard InChI is InChI=1S/C22H24ClNO4S2/c1-12(2)28-19(25)11-18-22(29)24-16-9-8-13(23)10-15(16)21(30-18)14-6-5-7-17(26-3)20(14)27-4/h5-10,12,18,21H,11H2,1-4H3,(H,24,29)/t18-,21-/m0/s1. The molecule has 3 rings (SSSR count). The summed E-state index contributed by atoms with van der Waals surface area (Å²) in [5, 5.41) is 3.45. The van der Waals surface area contributed by atoms with Crippen molar-refractivity contribution in [2.45, 2.75) is 36.9 Å². The fourth-order valence-corrected chi connectivity index (χ4v) is 5.30. The van der Waals surface area contributed by atoms with E-state index < -0.39 is 0 Å². The van der Waals surface area contributed by atoms with Gasteiger partial charge in [-0.3, -0.25) is 4.79 Å². The van der Waals surface area contributed by atoms with Crippen LogP contribution in [0.2, 0.25) is 5.02 Å². The maximum atomic E-state index is 12.4. The van der Waals surface area contributed by atoms with Crippen molar-refractivity contribution >= 4 is 52.2 Å². The van der Waals surface area contributed by atoms with E-state index in [1.54, 1.807) is 26.0 Å². The number of fused-ring (bicyclic) bond motifs is 1. The molecule has 0 unspecified atom stereocenters. The van der Waals surface area contributed by atoms with Crippen LogP contribution in [-0.2, 0) is 9.53 Å². The first-order valence-electron chi connectivity index (χ1n) is 9.50. The van der Waals surface area contributed by atoms with Crippen LogP contribution in [0, 0.1) is 0 Å². The molecular weight excluding hydrogens is 442 g/mol. The van der Waals surface area contributed by atoms with E-state index in [1.165, 1.54) is 0 Å². The minimum atomic E-state index is -0.285. The Morgan fingerprint density at radius 3 is 2.63 bits per heavy atom. The number of carbonyl (C=O) groups excluding carboxylic acids is 1. The molecule has 30 heavy (non-hydrogen) atoms. The van der Waals surface area contributed by atoms with Crippen molar-refractivity contribution in [3.63, 3.8) is 0 Å². The van der Waals surface area contributed by atoms with Gasteiger partial charge in [-0.25, -0.2) is 0 Å². The minimum absolute atomic E-state index is 0.166. The van der Waals surface area contributed by atoms with E-state index in [0.717, 1.165) is 16.8 Å². The van der Waals surface area contributed by atoms with Gasteiger partial charge in [0.15, 0.2) is 11.5 Å². The number of ether oxygens (including phenoxy) is 3. The zero-order chi connectivity index (χ0) is 21.8. The van der Waals surface area contributed by atoms with Crippen molar-refractivity contribution in [1.82, 2.24) is 0 Å². The van der Waals surface area contributed by atoms with E-state index in [2.05, 4.69) is 5.32 Å². The molecule has 2 aromatic rings. The number of hydrogen-bond acceptors (Lipinski definition) is 6. The van der Waals surface area contributed by atoms with Crippen LogP contribution in [-0.4, -0.2) is 36.5 Å². The molecule has 5 nitrogen and oxygen atoms in total. The molecule has 0 spiro atoms. The molecular formula is C22H24ClNO4S2. The van der Waals surface area contributed by atoms with Crippen molar-refractivity contribution in [3.8, 4) is 11.5 Å². The van der Waals surface area contributed by atoms with E-state index >= 15 is 0 Å². The van der Waals surface area contributed by atoms with Crippen LogP contribution < -0.4 is 14.8 Å². The van der Waals surface area contributed by atoms with Gasteiger partial charge < -0.3 is 19.5 Å². The highest BCUT2D eigenvalue weighted by Crippen LogP contribution is 2.50. The van der Waals surface area contributed by atoms with Crippen molar-refractivity contribution < 1.29 is 19.0 Å². The average Bonchev–Trinajstić information content (AvgIpc) is 2.83. The molecule has 0 aliphatic carbocycles. The van der Waals surface area contributed by atoms with Crippen LogP contribution in [0.25, 0.3) is 0 Å². The third-order valence-corrected chi connectivity index (χ3v) is 6.86. The first kappa shape index (κ1) is 22.7. The Kier molecular flexibility index (Phi) is 7.50. The number of anilines is 1. The Labute approximate surface area is 191 Å². The lowest BCUT2D eigenvalue weighted by molar-refractivity contribution is -0.147. The quantitative estimate of drug-likeness (QED) is 0.437. The van der Waals surface area contributed by atoms with Crippen LogP contribution in [0.4, 0.5) is 5.69 Å². The lowest BCUT2D eigenvalue weighted by Crippen LogP contribution is -2.26. The summed E-state index contributed by atoms with van der Waals surface area (Å²) in [4.78, 5) is 13.0. The molecule has 1 aliphatic rings. The number of esters is 1. The molecule has 0 saturated carbocycles. The van der Waals surface area contributed by atoms with Crippen LogP contribution in [0.1, 0.15) is 36.6 Å². The van der Waals surface area contributed by atoms with Gasteiger partial charge >= 0.3 is 5.97 Å². The lowest BCUT2D eigenvalue weighted by Gasteiger charge is -2.23. The second-order valence-electron chi connectivity index (χ2n) is 7.05. The fourth-order valence-electron chi connectivity index (χ4n) is 3.34. The molecule has 0 aromatic heterocycles. The van der Waals surface area contributed by atoms with Crippen molar-refractivity contribution in [3.05, 3.63) is 52.5 Å². The zero-order valence-electron chi connectivity index (χ0n) is 17.2. The van der Waals surface area contributed by atoms with Gasteiger partial charge in [0.05, 0.1) is 42.2 Å². The van der Waals surface area contributed by atoms with Gasteiger partial charge in [0.2, 0.25) is 0 Å². The Bertz CT molecular complexity index is 951. The molecule has 0 fully saturated rings. The summed E-state index contributed by atoms with van der Waals surface area (Å²) < 4.78 is 16.5. The highest BCUT2D eigenvalue weighted by molar-refractivity contribution is 8.02. The van der Waals surface area contributed by atoms with Gasteiger partial charge in [0, 0.05) is 16.3 Å². The second-order valence-corrected chi connectivity index (χ2v) is 9.24. The highest BCUT2D eigenvalue weighted by Gasteiger charge is 2.33. The third kappa shape index (κ3) is 5.02. The predicted octanol–water partition coefficient (Wildman–Crippen LogP) is 5.64. The van der Waals surface area contributed by atoms with Gasteiger partial charge in [0.1, 0.15) is 0 Å². The van der Waals surface area contributed by atoms with E-state index in [4.69, 9.17) is 38.0 Å². The summed E-state index contributed by atoms with van der Waals surface area (Å²) in [6, 6.07) is 11.4. The zero-order valence-corrected chi connectivity index (χ0v) is 19.6. The number of thiocarbonyl (C=S) groups is 1. The average molecular weight is 466 g/mol. The van der Waals surface area contributed by atoms with Crippen LogP contribution in [0.5, 0.6) is 11.5 Å². The van der Waals surface area contributed by atoms with Crippen LogP contribution in [0.15, 0.2) is 36.4 Å². The topological polar surface area (TPSA) is 56.8 Å². The smallest absolute Gasteiger partial charge is 0.307 e. The maximum Gasteiger partial charge on any atom is 0.307 e. The van der Waals surface area contributed by atoms with Gasteiger partial charge in [-0.1, -0.05) is 36.0 Å². The Hall–Kier alpha value is -1.96. The minimum Gasteiger partial charge on any atom is -0.493 e. The van der Waals surface area contributed by atoms with Gasteiger partial charge in [-0.05, 0) is 43.7 Å². The Morgan fingerprint density at radius 1 is 1.20 bits per heavy atom. The summed E-state index contributed by atoms with van der Waals surface area (Å²) in [6.07, 6.45) is -0.0146. The molecule has 8 heteroatoms. The van der Waals surface area contributed by atoms with E-state index in [9.17, 15) is 4.79 Å². The molecule has 0 radical (unpaired) electrons. The van der Waals surface area contributed by atoms with Gasteiger partial charge in [0.25, 0.3) is 0 Å². The van der Waals surface area contributed by atoms with Crippen LogP contribution in [0.3, 0.4) is 0 Å². The Morgan fingerprint density at radius 2 is 1.97 bits per heavy atom. The first-order valence-corrected chi connectivity index (χ1v) is 11.2. The van der Waals surface area contributed by atoms with E-state index in [1.807, 2.05) is 50.2 Å². The van der Waals surface area contributed by atoms with E-state index in [0.29, 0.717) is 21.5 Å². The largest absolute Gasteiger partial charge is 0.493 e. The normalized spacial score (nSPS) is 18.3. The van der Waals surface area contributed by atoms with Crippen LogP contribution >= 0.6 is 35.6 Å². The fraction of sp³-hybridized carbons (Fsp3) is 0.364. The number of para-hydroxylation sites is 1. The third-order valence-electron chi connectivity index (χ3n) is 4.58. The number of thioether (sulfide) groups is 1. The Balaban J connectivity index is 2.08. The summed E-state index contributed by atoms with van der Waals surface area (Å²) in [6.45, 7) is 3.66. The number of nitrogens with one attached hydrogen (secondary N) is 1. The van der Waals surface area contributed by atoms with E-state index in [-0.39, 0.29) is 29.0 Å². The number of rotatable bonds is 6. The highest BCUT2D eigenvalue weighted by atomic mass is 35.5. The molecule has 1 N–H and O–H groups in total. The van der Waals surface area contributed by atoms with Gasteiger partial charge in [-0.2, -0.15) is 0 Å². The first-order chi connectivity index (χ1) is 14.3. The number of methoxy groups -OCH3 is 2. The number of carbonyl (C=O) groups is 1. The molecule has 1 heterocycles. The van der Waals surface area contributed by atoms with Crippen molar-refractivity contribution in [2.24, 2.45) is 0 Å². The molecule has 2 atom stereocenters. The lowest BCUT2D eigenvalue weighted by atomic mass is 10.0. The maximum absolute atomic E-state index is 12.4. The second kappa shape index (κ2) is 9.90. The summed E-state index contributed by atoms with van der Waals surface area (Å²) in [5.74, 6) is 0.987. The number of halogens is 1. The summed E-state index contributed by atoms with van der Waals surface area (Å²) in [7, 11) is 3.22. The molecule has 2 aromatic carbocycles. The van der Waals surface area contributed by atoms with Gasteiger partial charge in [-0.15, -0.1) is 11.8 Å². The molecule has 1 aliphatic heterocycles. The molecule has 0 bridgehead atoms. The van der Waals surface area contributed by atoms with Crippen molar-refractivity contribution in [1.29, 1.82) is 0 Å². The van der Waals surface area contributed by atoms with Crippen molar-refractivity contribution in [2.75, 3.05) is 19.5 Å².